The Hall–Kier alpha value is -2.03. The summed E-state index contributed by atoms with van der Waals surface area (Å²) in [4.78, 5) is 0. The molecule has 1 aliphatic rings. The summed E-state index contributed by atoms with van der Waals surface area (Å²) in [6.45, 7) is 0.887. The van der Waals surface area contributed by atoms with Crippen LogP contribution in [0.25, 0.3) is 0 Å². The highest BCUT2D eigenvalue weighted by Gasteiger charge is 2.20. The van der Waals surface area contributed by atoms with Gasteiger partial charge in [-0.3, -0.25) is 0 Å². The van der Waals surface area contributed by atoms with E-state index in [9.17, 15) is 9.50 Å². The van der Waals surface area contributed by atoms with Crippen LogP contribution in [-0.4, -0.2) is 11.7 Å². The molecule has 0 amide bonds. The minimum Gasteiger partial charge on any atom is -0.508 e. The second kappa shape index (κ2) is 4.92. The maximum atomic E-state index is 14.5. The van der Waals surface area contributed by atoms with Crippen molar-refractivity contribution in [3.05, 3.63) is 59.2 Å². The van der Waals surface area contributed by atoms with Gasteiger partial charge in [0.15, 0.2) is 0 Å². The number of fused-ring (bicyclic) bond motifs is 1. The molecule has 0 spiro atoms. The van der Waals surface area contributed by atoms with Gasteiger partial charge in [0.05, 0.1) is 0 Å². The molecule has 1 atom stereocenters. The standard InChI is InChI=1S/C16H16FNO/c17-15(10-11-4-6-13(19)7-5-11)14-3-1-2-12-8-9-18-16(12)14/h1-7,15,18-19H,8-10H2. The third kappa shape index (κ3) is 2.41. The van der Waals surface area contributed by atoms with Crippen LogP contribution < -0.4 is 5.32 Å². The minimum atomic E-state index is -1.02. The van der Waals surface area contributed by atoms with Crippen molar-refractivity contribution >= 4 is 5.69 Å². The van der Waals surface area contributed by atoms with Crippen molar-refractivity contribution in [2.75, 3.05) is 11.9 Å². The van der Waals surface area contributed by atoms with Crippen LogP contribution in [0.5, 0.6) is 5.75 Å². The number of phenols is 1. The molecule has 0 saturated carbocycles. The molecule has 2 aromatic rings. The van der Waals surface area contributed by atoms with E-state index in [1.54, 1.807) is 24.3 Å². The number of hydrogen-bond acceptors (Lipinski definition) is 2. The molecule has 2 aromatic carbocycles. The molecule has 0 aromatic heterocycles. The van der Waals surface area contributed by atoms with E-state index in [0.717, 1.165) is 29.8 Å². The first-order chi connectivity index (χ1) is 9.24. The van der Waals surface area contributed by atoms with Crippen LogP contribution in [0.4, 0.5) is 10.1 Å². The zero-order chi connectivity index (χ0) is 13.2. The number of para-hydroxylation sites is 1. The summed E-state index contributed by atoms with van der Waals surface area (Å²) >= 11 is 0. The zero-order valence-electron chi connectivity index (χ0n) is 10.6. The average molecular weight is 257 g/mol. The van der Waals surface area contributed by atoms with Crippen LogP contribution in [0.3, 0.4) is 0 Å². The lowest BCUT2D eigenvalue weighted by molar-refractivity contribution is 0.343. The molecule has 2 nitrogen and oxygen atoms in total. The quantitative estimate of drug-likeness (QED) is 0.880. The first-order valence-corrected chi connectivity index (χ1v) is 6.51. The summed E-state index contributed by atoms with van der Waals surface area (Å²) in [7, 11) is 0. The number of rotatable bonds is 3. The number of nitrogens with one attached hydrogen (secondary N) is 1. The Kier molecular flexibility index (Phi) is 3.11. The first kappa shape index (κ1) is 12.0. The van der Waals surface area contributed by atoms with Crippen LogP contribution >= 0.6 is 0 Å². The van der Waals surface area contributed by atoms with E-state index >= 15 is 0 Å². The molecule has 98 valence electrons. The SMILES string of the molecule is Oc1ccc(CC(F)c2cccc3c2NCC3)cc1. The van der Waals surface area contributed by atoms with Gasteiger partial charge in [0.1, 0.15) is 11.9 Å². The molecule has 1 aliphatic heterocycles. The predicted octanol–water partition coefficient (Wildman–Crippen LogP) is 3.61. The number of benzene rings is 2. The van der Waals surface area contributed by atoms with E-state index in [-0.39, 0.29) is 5.75 Å². The third-order valence-electron chi connectivity index (χ3n) is 3.57. The Morgan fingerprint density at radius 3 is 2.74 bits per heavy atom. The van der Waals surface area contributed by atoms with Gasteiger partial charge in [0.2, 0.25) is 0 Å². The molecule has 19 heavy (non-hydrogen) atoms. The smallest absolute Gasteiger partial charge is 0.131 e. The van der Waals surface area contributed by atoms with E-state index in [1.165, 1.54) is 5.56 Å². The van der Waals surface area contributed by atoms with Crippen molar-refractivity contribution in [3.8, 4) is 5.75 Å². The second-order valence-corrected chi connectivity index (χ2v) is 4.90. The molecule has 0 bridgehead atoms. The molecule has 2 N–H and O–H groups in total. The van der Waals surface area contributed by atoms with E-state index in [2.05, 4.69) is 5.32 Å². The lowest BCUT2D eigenvalue weighted by atomic mass is 9.99. The maximum Gasteiger partial charge on any atom is 0.131 e. The number of alkyl halides is 1. The van der Waals surface area contributed by atoms with Crippen LogP contribution in [0, 0.1) is 0 Å². The highest BCUT2D eigenvalue weighted by molar-refractivity contribution is 5.62. The molecule has 0 fully saturated rings. The van der Waals surface area contributed by atoms with Crippen LogP contribution in [0.2, 0.25) is 0 Å². The topological polar surface area (TPSA) is 32.3 Å². The Balaban J connectivity index is 1.83. The number of anilines is 1. The van der Waals surface area contributed by atoms with E-state index < -0.39 is 6.17 Å². The van der Waals surface area contributed by atoms with Crippen LogP contribution in [0.15, 0.2) is 42.5 Å². The average Bonchev–Trinajstić information content (AvgIpc) is 2.89. The summed E-state index contributed by atoms with van der Waals surface area (Å²) in [5.41, 5.74) is 3.80. The zero-order valence-corrected chi connectivity index (χ0v) is 10.6. The lowest BCUT2D eigenvalue weighted by Crippen LogP contribution is -2.01. The fourth-order valence-electron chi connectivity index (χ4n) is 2.58. The van der Waals surface area contributed by atoms with Gasteiger partial charge in [-0.05, 0) is 29.7 Å². The molecule has 3 heteroatoms. The van der Waals surface area contributed by atoms with Crippen LogP contribution in [0.1, 0.15) is 22.9 Å². The summed E-state index contributed by atoms with van der Waals surface area (Å²) in [5, 5.41) is 12.5. The minimum absolute atomic E-state index is 0.210. The van der Waals surface area contributed by atoms with Crippen molar-refractivity contribution in [1.82, 2.24) is 0 Å². The largest absolute Gasteiger partial charge is 0.508 e. The van der Waals surface area contributed by atoms with Gasteiger partial charge in [-0.25, -0.2) is 4.39 Å². The summed E-state index contributed by atoms with van der Waals surface area (Å²) in [6, 6.07) is 12.5. The van der Waals surface area contributed by atoms with Gasteiger partial charge in [-0.1, -0.05) is 30.3 Å². The highest BCUT2D eigenvalue weighted by Crippen LogP contribution is 2.34. The lowest BCUT2D eigenvalue weighted by Gasteiger charge is -2.13. The summed E-state index contributed by atoms with van der Waals surface area (Å²) in [5.74, 6) is 0.210. The number of phenolic OH excluding ortho intramolecular Hbond substituents is 1. The molecule has 0 aliphatic carbocycles. The monoisotopic (exact) mass is 257 g/mol. The third-order valence-corrected chi connectivity index (χ3v) is 3.57. The molecule has 0 saturated heterocycles. The fourth-order valence-corrected chi connectivity index (χ4v) is 2.58. The van der Waals surface area contributed by atoms with Gasteiger partial charge in [-0.15, -0.1) is 0 Å². The van der Waals surface area contributed by atoms with E-state index in [4.69, 9.17) is 0 Å². The normalized spacial score (nSPS) is 14.8. The van der Waals surface area contributed by atoms with Crippen molar-refractivity contribution in [2.24, 2.45) is 0 Å². The van der Waals surface area contributed by atoms with E-state index in [1.807, 2.05) is 18.2 Å². The molecular formula is C16H16FNO. The number of hydrogen-bond donors (Lipinski definition) is 2. The van der Waals surface area contributed by atoms with Crippen molar-refractivity contribution < 1.29 is 9.50 Å². The van der Waals surface area contributed by atoms with Crippen molar-refractivity contribution in [1.29, 1.82) is 0 Å². The molecular weight excluding hydrogens is 241 g/mol. The van der Waals surface area contributed by atoms with Gasteiger partial charge in [0.25, 0.3) is 0 Å². The summed E-state index contributed by atoms with van der Waals surface area (Å²) < 4.78 is 14.5. The van der Waals surface area contributed by atoms with Crippen molar-refractivity contribution in [2.45, 2.75) is 19.0 Å². The van der Waals surface area contributed by atoms with Gasteiger partial charge < -0.3 is 10.4 Å². The first-order valence-electron chi connectivity index (χ1n) is 6.51. The molecule has 3 rings (SSSR count). The number of aromatic hydroxyl groups is 1. The predicted molar refractivity (Wildman–Crippen MR) is 74.3 cm³/mol. The maximum absolute atomic E-state index is 14.5. The molecule has 1 heterocycles. The molecule has 1 unspecified atom stereocenters. The second-order valence-electron chi connectivity index (χ2n) is 4.90. The van der Waals surface area contributed by atoms with Gasteiger partial charge in [-0.2, -0.15) is 0 Å². The Morgan fingerprint density at radius 1 is 1.16 bits per heavy atom. The number of halogens is 1. The van der Waals surface area contributed by atoms with Crippen molar-refractivity contribution in [3.63, 3.8) is 0 Å². The molecule has 0 radical (unpaired) electrons. The Bertz CT molecular complexity index is 580. The summed E-state index contributed by atoms with van der Waals surface area (Å²) in [6.07, 6.45) is 0.276. The Morgan fingerprint density at radius 2 is 1.95 bits per heavy atom. The highest BCUT2D eigenvalue weighted by atomic mass is 19.1. The Labute approximate surface area is 111 Å². The van der Waals surface area contributed by atoms with Gasteiger partial charge in [0, 0.05) is 24.2 Å². The fraction of sp³-hybridized carbons (Fsp3) is 0.250. The van der Waals surface area contributed by atoms with Gasteiger partial charge >= 0.3 is 0 Å². The van der Waals surface area contributed by atoms with E-state index in [0.29, 0.717) is 6.42 Å². The van der Waals surface area contributed by atoms with Crippen LogP contribution in [-0.2, 0) is 12.8 Å².